The Balaban J connectivity index is 1.80. The van der Waals surface area contributed by atoms with E-state index >= 15 is 0 Å². The standard InChI is InChI=1S/C20H27N3O4/c1-20(2,3)27-19(24)23-8-6-22(7-9-23)16-13-21-12-14-10-17(25-4)18(26-5)11-15(14)16/h10-13H,6-9H2,1-5H3. The fraction of sp³-hybridized carbons (Fsp3) is 0.500. The summed E-state index contributed by atoms with van der Waals surface area (Å²) in [7, 11) is 3.25. The predicted octanol–water partition coefficient (Wildman–Crippen LogP) is 3.31. The fourth-order valence-electron chi connectivity index (χ4n) is 3.19. The molecule has 0 bridgehead atoms. The molecule has 2 heterocycles. The first kappa shape index (κ1) is 19.1. The number of amides is 1. The number of hydrogen-bond donors (Lipinski definition) is 0. The van der Waals surface area contributed by atoms with Crippen LogP contribution in [0, 0.1) is 0 Å². The van der Waals surface area contributed by atoms with Gasteiger partial charge in [-0.3, -0.25) is 4.98 Å². The van der Waals surface area contributed by atoms with Crippen LogP contribution in [0.5, 0.6) is 11.5 Å². The predicted molar refractivity (Wildman–Crippen MR) is 105 cm³/mol. The van der Waals surface area contributed by atoms with Crippen molar-refractivity contribution in [1.82, 2.24) is 9.88 Å². The molecule has 1 amide bonds. The van der Waals surface area contributed by atoms with Gasteiger partial charge >= 0.3 is 6.09 Å². The number of fused-ring (bicyclic) bond motifs is 1. The molecule has 0 radical (unpaired) electrons. The van der Waals surface area contributed by atoms with Gasteiger partial charge in [0.05, 0.1) is 26.1 Å². The monoisotopic (exact) mass is 373 g/mol. The van der Waals surface area contributed by atoms with Crippen LogP contribution in [0.2, 0.25) is 0 Å². The molecular weight excluding hydrogens is 346 g/mol. The Bertz CT molecular complexity index is 824. The van der Waals surface area contributed by atoms with Gasteiger partial charge in [-0.25, -0.2) is 4.79 Å². The fourth-order valence-corrected chi connectivity index (χ4v) is 3.19. The van der Waals surface area contributed by atoms with Crippen molar-refractivity contribution in [2.24, 2.45) is 0 Å². The van der Waals surface area contributed by atoms with Crippen molar-refractivity contribution in [3.05, 3.63) is 24.5 Å². The van der Waals surface area contributed by atoms with Gasteiger partial charge in [-0.05, 0) is 32.9 Å². The van der Waals surface area contributed by atoms with Crippen LogP contribution in [0.25, 0.3) is 10.8 Å². The summed E-state index contributed by atoms with van der Waals surface area (Å²) in [5.41, 5.74) is 0.543. The Morgan fingerprint density at radius 2 is 1.63 bits per heavy atom. The molecule has 146 valence electrons. The molecular formula is C20H27N3O4. The summed E-state index contributed by atoms with van der Waals surface area (Å²) in [4.78, 5) is 20.6. The van der Waals surface area contributed by atoms with E-state index in [1.807, 2.05) is 45.3 Å². The Hall–Kier alpha value is -2.70. The molecule has 0 saturated carbocycles. The molecule has 1 aliphatic rings. The number of carbonyl (C=O) groups excluding carboxylic acids is 1. The van der Waals surface area contributed by atoms with E-state index in [1.54, 1.807) is 19.1 Å². The summed E-state index contributed by atoms with van der Waals surface area (Å²) >= 11 is 0. The number of anilines is 1. The minimum atomic E-state index is -0.483. The maximum atomic E-state index is 12.3. The lowest BCUT2D eigenvalue weighted by atomic mass is 10.1. The van der Waals surface area contributed by atoms with Crippen LogP contribution in [0.15, 0.2) is 24.5 Å². The third-order valence-corrected chi connectivity index (χ3v) is 4.51. The highest BCUT2D eigenvalue weighted by molar-refractivity contribution is 5.95. The van der Waals surface area contributed by atoms with Crippen molar-refractivity contribution in [2.75, 3.05) is 45.3 Å². The zero-order valence-electron chi connectivity index (χ0n) is 16.6. The number of carbonyl (C=O) groups is 1. The first-order valence-corrected chi connectivity index (χ1v) is 9.05. The Morgan fingerprint density at radius 3 is 2.22 bits per heavy atom. The van der Waals surface area contributed by atoms with Gasteiger partial charge in [-0.2, -0.15) is 0 Å². The molecule has 0 aliphatic carbocycles. The molecule has 0 atom stereocenters. The lowest BCUT2D eigenvalue weighted by Gasteiger charge is -2.37. The van der Waals surface area contributed by atoms with Gasteiger partial charge in [0.25, 0.3) is 0 Å². The van der Waals surface area contributed by atoms with Gasteiger partial charge < -0.3 is 24.0 Å². The van der Waals surface area contributed by atoms with E-state index in [4.69, 9.17) is 14.2 Å². The number of pyridine rings is 1. The van der Waals surface area contributed by atoms with Gasteiger partial charge in [0.1, 0.15) is 5.60 Å². The third kappa shape index (κ3) is 4.18. The molecule has 1 aromatic carbocycles. The molecule has 3 rings (SSSR count). The average Bonchev–Trinajstić information content (AvgIpc) is 2.65. The van der Waals surface area contributed by atoms with E-state index in [1.165, 1.54) is 0 Å². The quantitative estimate of drug-likeness (QED) is 0.822. The van der Waals surface area contributed by atoms with Crippen molar-refractivity contribution in [2.45, 2.75) is 26.4 Å². The van der Waals surface area contributed by atoms with Crippen molar-refractivity contribution >= 4 is 22.6 Å². The highest BCUT2D eigenvalue weighted by atomic mass is 16.6. The molecule has 2 aromatic rings. The second-order valence-corrected chi connectivity index (χ2v) is 7.54. The molecule has 1 aromatic heterocycles. The highest BCUT2D eigenvalue weighted by Gasteiger charge is 2.26. The number of rotatable bonds is 3. The average molecular weight is 373 g/mol. The number of nitrogens with zero attached hydrogens (tertiary/aromatic N) is 3. The van der Waals surface area contributed by atoms with E-state index in [2.05, 4.69) is 9.88 Å². The minimum absolute atomic E-state index is 0.260. The van der Waals surface area contributed by atoms with Crippen LogP contribution < -0.4 is 14.4 Å². The van der Waals surface area contributed by atoms with E-state index < -0.39 is 5.60 Å². The number of hydrogen-bond acceptors (Lipinski definition) is 6. The van der Waals surface area contributed by atoms with Crippen molar-refractivity contribution < 1.29 is 19.0 Å². The summed E-state index contributed by atoms with van der Waals surface area (Å²) in [5, 5.41) is 2.04. The maximum absolute atomic E-state index is 12.3. The number of aromatic nitrogens is 1. The molecule has 1 aliphatic heterocycles. The zero-order valence-corrected chi connectivity index (χ0v) is 16.6. The highest BCUT2D eigenvalue weighted by Crippen LogP contribution is 2.36. The van der Waals surface area contributed by atoms with Gasteiger partial charge in [-0.15, -0.1) is 0 Å². The van der Waals surface area contributed by atoms with E-state index in [0.717, 1.165) is 16.5 Å². The van der Waals surface area contributed by atoms with Crippen molar-refractivity contribution in [3.8, 4) is 11.5 Å². The van der Waals surface area contributed by atoms with Crippen LogP contribution >= 0.6 is 0 Å². The summed E-state index contributed by atoms with van der Waals surface area (Å²) in [5.74, 6) is 1.36. The molecule has 0 spiro atoms. The van der Waals surface area contributed by atoms with Crippen LogP contribution in [0.1, 0.15) is 20.8 Å². The lowest BCUT2D eigenvalue weighted by molar-refractivity contribution is 0.0240. The molecule has 7 nitrogen and oxygen atoms in total. The number of ether oxygens (including phenoxy) is 3. The first-order valence-electron chi connectivity index (χ1n) is 9.05. The van der Waals surface area contributed by atoms with Gasteiger partial charge in [0.2, 0.25) is 0 Å². The normalized spacial score (nSPS) is 15.0. The van der Waals surface area contributed by atoms with Crippen LogP contribution in [-0.2, 0) is 4.74 Å². The van der Waals surface area contributed by atoms with Gasteiger partial charge in [0.15, 0.2) is 11.5 Å². The van der Waals surface area contributed by atoms with Crippen LogP contribution in [0.3, 0.4) is 0 Å². The Morgan fingerprint density at radius 1 is 1.00 bits per heavy atom. The summed E-state index contributed by atoms with van der Waals surface area (Å²) in [6.07, 6.45) is 3.42. The van der Waals surface area contributed by atoms with E-state index in [-0.39, 0.29) is 6.09 Å². The minimum Gasteiger partial charge on any atom is -0.493 e. The number of benzene rings is 1. The smallest absolute Gasteiger partial charge is 0.410 e. The number of methoxy groups -OCH3 is 2. The van der Waals surface area contributed by atoms with Crippen LogP contribution in [0.4, 0.5) is 10.5 Å². The van der Waals surface area contributed by atoms with Crippen molar-refractivity contribution in [3.63, 3.8) is 0 Å². The first-order chi connectivity index (χ1) is 12.8. The maximum Gasteiger partial charge on any atom is 0.410 e. The summed E-state index contributed by atoms with van der Waals surface area (Å²) < 4.78 is 16.3. The van der Waals surface area contributed by atoms with E-state index in [0.29, 0.717) is 37.7 Å². The van der Waals surface area contributed by atoms with Gasteiger partial charge in [0, 0.05) is 43.1 Å². The summed E-state index contributed by atoms with van der Waals surface area (Å²) in [6, 6.07) is 3.91. The molecule has 0 unspecified atom stereocenters. The van der Waals surface area contributed by atoms with Gasteiger partial charge in [-0.1, -0.05) is 0 Å². The topological polar surface area (TPSA) is 64.1 Å². The third-order valence-electron chi connectivity index (χ3n) is 4.51. The molecule has 1 saturated heterocycles. The molecule has 7 heteroatoms. The molecule has 27 heavy (non-hydrogen) atoms. The summed E-state index contributed by atoms with van der Waals surface area (Å²) in [6.45, 7) is 8.29. The molecule has 0 N–H and O–H groups in total. The van der Waals surface area contributed by atoms with Crippen molar-refractivity contribution in [1.29, 1.82) is 0 Å². The second-order valence-electron chi connectivity index (χ2n) is 7.54. The zero-order chi connectivity index (χ0) is 19.6. The Kier molecular flexibility index (Phi) is 5.30. The lowest BCUT2D eigenvalue weighted by Crippen LogP contribution is -2.50. The largest absolute Gasteiger partial charge is 0.493 e. The Labute approximate surface area is 159 Å². The molecule has 1 fully saturated rings. The number of piperazine rings is 1. The van der Waals surface area contributed by atoms with E-state index in [9.17, 15) is 4.79 Å². The second kappa shape index (κ2) is 7.50. The SMILES string of the molecule is COc1cc2cncc(N3CCN(C(=O)OC(C)(C)C)CC3)c2cc1OC. The van der Waals surface area contributed by atoms with Crippen LogP contribution in [-0.4, -0.2) is 62.0 Å².